The van der Waals surface area contributed by atoms with Gasteiger partial charge in [-0.15, -0.1) is 0 Å². The maximum absolute atomic E-state index is 12.0. The van der Waals surface area contributed by atoms with Gasteiger partial charge >= 0.3 is 0 Å². The Balaban J connectivity index is 2.46. The molecule has 1 aromatic heterocycles. The van der Waals surface area contributed by atoms with Crippen molar-refractivity contribution >= 4 is 28.4 Å². The van der Waals surface area contributed by atoms with Crippen molar-refractivity contribution in [1.82, 2.24) is 9.88 Å². The first kappa shape index (κ1) is 11.6. The second-order valence-corrected chi connectivity index (χ2v) is 5.13. The molecule has 1 aromatic carbocycles. The lowest BCUT2D eigenvalue weighted by Gasteiger charge is -2.18. The van der Waals surface area contributed by atoms with E-state index in [4.69, 9.17) is 11.6 Å². The SMILES string of the molecule is CCc1cc(Cl)cc2c(C)c3n(c12)CCNC3=O. The van der Waals surface area contributed by atoms with Gasteiger partial charge in [0.1, 0.15) is 5.69 Å². The van der Waals surface area contributed by atoms with Crippen molar-refractivity contribution in [1.29, 1.82) is 0 Å². The van der Waals surface area contributed by atoms with Gasteiger partial charge in [-0.3, -0.25) is 4.79 Å². The molecule has 0 bridgehead atoms. The Morgan fingerprint density at radius 2 is 2.22 bits per heavy atom. The molecule has 1 aliphatic heterocycles. The summed E-state index contributed by atoms with van der Waals surface area (Å²) in [5.41, 5.74) is 4.19. The predicted molar refractivity (Wildman–Crippen MR) is 73.4 cm³/mol. The van der Waals surface area contributed by atoms with Crippen molar-refractivity contribution in [2.75, 3.05) is 6.54 Å². The second-order valence-electron chi connectivity index (χ2n) is 4.70. The van der Waals surface area contributed by atoms with Gasteiger partial charge in [0.25, 0.3) is 5.91 Å². The predicted octanol–water partition coefficient (Wildman–Crippen LogP) is 2.91. The molecule has 1 aliphatic rings. The highest BCUT2D eigenvalue weighted by molar-refractivity contribution is 6.31. The van der Waals surface area contributed by atoms with Crippen LogP contribution in [0.3, 0.4) is 0 Å². The minimum Gasteiger partial charge on any atom is -0.349 e. The van der Waals surface area contributed by atoms with E-state index in [-0.39, 0.29) is 5.91 Å². The number of nitrogens with zero attached hydrogens (tertiary/aromatic N) is 1. The molecule has 0 unspecified atom stereocenters. The van der Waals surface area contributed by atoms with Gasteiger partial charge < -0.3 is 9.88 Å². The van der Waals surface area contributed by atoms with Gasteiger partial charge in [-0.1, -0.05) is 18.5 Å². The van der Waals surface area contributed by atoms with E-state index in [9.17, 15) is 4.79 Å². The van der Waals surface area contributed by atoms with E-state index in [1.54, 1.807) is 0 Å². The maximum Gasteiger partial charge on any atom is 0.268 e. The van der Waals surface area contributed by atoms with Crippen LogP contribution in [0.2, 0.25) is 5.02 Å². The number of rotatable bonds is 1. The van der Waals surface area contributed by atoms with E-state index in [0.717, 1.165) is 34.6 Å². The highest BCUT2D eigenvalue weighted by Crippen LogP contribution is 2.32. The lowest BCUT2D eigenvalue weighted by molar-refractivity contribution is 0.0928. The van der Waals surface area contributed by atoms with Crippen LogP contribution in [0, 0.1) is 6.92 Å². The monoisotopic (exact) mass is 262 g/mol. The Bertz CT molecular complexity index is 658. The lowest BCUT2D eigenvalue weighted by Crippen LogP contribution is -2.35. The number of benzene rings is 1. The molecular weight excluding hydrogens is 248 g/mol. The molecule has 18 heavy (non-hydrogen) atoms. The smallest absolute Gasteiger partial charge is 0.268 e. The molecule has 3 nitrogen and oxygen atoms in total. The van der Waals surface area contributed by atoms with Crippen molar-refractivity contribution < 1.29 is 4.79 Å². The number of aromatic nitrogens is 1. The van der Waals surface area contributed by atoms with Crippen LogP contribution in [0.1, 0.15) is 28.5 Å². The van der Waals surface area contributed by atoms with Crippen LogP contribution in [0.4, 0.5) is 0 Å². The van der Waals surface area contributed by atoms with Crippen LogP contribution in [0.25, 0.3) is 10.9 Å². The maximum atomic E-state index is 12.0. The van der Waals surface area contributed by atoms with Crippen LogP contribution in [-0.4, -0.2) is 17.0 Å². The zero-order chi connectivity index (χ0) is 12.9. The van der Waals surface area contributed by atoms with Crippen molar-refractivity contribution in [2.45, 2.75) is 26.8 Å². The average molecular weight is 263 g/mol. The number of nitrogens with one attached hydrogen (secondary N) is 1. The number of amides is 1. The first-order valence-corrected chi connectivity index (χ1v) is 6.60. The number of carbonyl (C=O) groups is 1. The van der Waals surface area contributed by atoms with Crippen molar-refractivity contribution in [3.8, 4) is 0 Å². The van der Waals surface area contributed by atoms with Crippen LogP contribution in [-0.2, 0) is 13.0 Å². The molecule has 0 atom stereocenters. The molecule has 0 fully saturated rings. The Labute approximate surface area is 111 Å². The van der Waals surface area contributed by atoms with E-state index >= 15 is 0 Å². The van der Waals surface area contributed by atoms with E-state index in [2.05, 4.69) is 16.8 Å². The molecule has 3 rings (SSSR count). The van der Waals surface area contributed by atoms with Gasteiger partial charge in [0, 0.05) is 23.5 Å². The van der Waals surface area contributed by atoms with Crippen molar-refractivity contribution in [2.24, 2.45) is 0 Å². The van der Waals surface area contributed by atoms with Crippen molar-refractivity contribution in [3.63, 3.8) is 0 Å². The lowest BCUT2D eigenvalue weighted by atomic mass is 10.1. The Hall–Kier alpha value is -1.48. The summed E-state index contributed by atoms with van der Waals surface area (Å²) in [6, 6.07) is 3.97. The summed E-state index contributed by atoms with van der Waals surface area (Å²) in [7, 11) is 0. The highest BCUT2D eigenvalue weighted by atomic mass is 35.5. The van der Waals surface area contributed by atoms with E-state index in [1.165, 1.54) is 11.1 Å². The third kappa shape index (κ3) is 1.47. The molecule has 4 heteroatoms. The van der Waals surface area contributed by atoms with Gasteiger partial charge in [0.2, 0.25) is 0 Å². The van der Waals surface area contributed by atoms with Gasteiger partial charge in [-0.05, 0) is 36.6 Å². The van der Waals surface area contributed by atoms with Crippen molar-refractivity contribution in [3.05, 3.63) is 34.0 Å². The number of fused-ring (bicyclic) bond motifs is 3. The molecule has 0 saturated carbocycles. The summed E-state index contributed by atoms with van der Waals surface area (Å²) in [4.78, 5) is 12.0. The molecule has 0 spiro atoms. The van der Waals surface area contributed by atoms with Gasteiger partial charge in [-0.25, -0.2) is 0 Å². The minimum absolute atomic E-state index is 0.0214. The van der Waals surface area contributed by atoms with Crippen LogP contribution >= 0.6 is 11.6 Å². The third-order valence-electron chi connectivity index (χ3n) is 3.67. The van der Waals surface area contributed by atoms with Gasteiger partial charge in [0.05, 0.1) is 5.52 Å². The van der Waals surface area contributed by atoms with E-state index in [1.807, 2.05) is 19.1 Å². The summed E-state index contributed by atoms with van der Waals surface area (Å²) >= 11 is 6.16. The third-order valence-corrected chi connectivity index (χ3v) is 3.89. The molecule has 1 amide bonds. The fourth-order valence-corrected chi connectivity index (χ4v) is 3.09. The fourth-order valence-electron chi connectivity index (χ4n) is 2.85. The van der Waals surface area contributed by atoms with Crippen LogP contribution in [0.5, 0.6) is 0 Å². The van der Waals surface area contributed by atoms with Crippen LogP contribution < -0.4 is 5.32 Å². The Kier molecular flexibility index (Phi) is 2.59. The molecule has 1 N–H and O–H groups in total. The first-order chi connectivity index (χ1) is 8.63. The second kappa shape index (κ2) is 4.02. The highest BCUT2D eigenvalue weighted by Gasteiger charge is 2.24. The van der Waals surface area contributed by atoms with Gasteiger partial charge in [0.15, 0.2) is 0 Å². The molecule has 94 valence electrons. The van der Waals surface area contributed by atoms with E-state index < -0.39 is 0 Å². The summed E-state index contributed by atoms with van der Waals surface area (Å²) in [6.07, 6.45) is 0.918. The number of halogens is 1. The summed E-state index contributed by atoms with van der Waals surface area (Å²) < 4.78 is 2.14. The summed E-state index contributed by atoms with van der Waals surface area (Å²) in [6.45, 7) is 5.64. The number of hydrogen-bond acceptors (Lipinski definition) is 1. The topological polar surface area (TPSA) is 34.0 Å². The average Bonchev–Trinajstić information content (AvgIpc) is 2.63. The first-order valence-electron chi connectivity index (χ1n) is 6.23. The molecule has 0 aliphatic carbocycles. The molecular formula is C14H15ClN2O. The van der Waals surface area contributed by atoms with E-state index in [0.29, 0.717) is 6.54 Å². The molecule has 0 radical (unpaired) electrons. The normalized spacial score (nSPS) is 14.7. The standard InChI is InChI=1S/C14H15ClN2O/c1-3-9-6-10(15)7-11-8(2)12-14(18)16-4-5-17(12)13(9)11/h6-7H,3-5H2,1-2H3,(H,16,18). The molecule has 0 saturated heterocycles. The van der Waals surface area contributed by atoms with Gasteiger partial charge in [-0.2, -0.15) is 0 Å². The van der Waals surface area contributed by atoms with Crippen LogP contribution in [0.15, 0.2) is 12.1 Å². The summed E-state index contributed by atoms with van der Waals surface area (Å²) in [5, 5.41) is 4.74. The quantitative estimate of drug-likeness (QED) is 0.842. The zero-order valence-corrected chi connectivity index (χ0v) is 11.3. The summed E-state index contributed by atoms with van der Waals surface area (Å²) in [5.74, 6) is 0.0214. The zero-order valence-electron chi connectivity index (χ0n) is 10.5. The minimum atomic E-state index is 0.0214. The number of aryl methyl sites for hydroxylation is 2. The Morgan fingerprint density at radius 3 is 2.94 bits per heavy atom. The fraction of sp³-hybridized carbons (Fsp3) is 0.357. The number of carbonyl (C=O) groups excluding carboxylic acids is 1. The number of hydrogen-bond donors (Lipinski definition) is 1. The largest absolute Gasteiger partial charge is 0.349 e. The Morgan fingerprint density at radius 1 is 1.44 bits per heavy atom. The molecule has 2 aromatic rings. The molecule has 2 heterocycles.